The van der Waals surface area contributed by atoms with E-state index in [0.29, 0.717) is 13.1 Å². The molecule has 6 nitrogen and oxygen atoms in total. The van der Waals surface area contributed by atoms with Gasteiger partial charge in [0.15, 0.2) is 0 Å². The smallest absolute Gasteiger partial charge is 0.410 e. The number of carbonyl (C=O) groups excluding carboxylic acids is 1. The van der Waals surface area contributed by atoms with Gasteiger partial charge < -0.3 is 9.64 Å². The number of aromatic nitrogens is 3. The van der Waals surface area contributed by atoms with E-state index in [1.54, 1.807) is 4.90 Å². The summed E-state index contributed by atoms with van der Waals surface area (Å²) in [6.45, 7) is 7.05. The predicted octanol–water partition coefficient (Wildman–Crippen LogP) is 3.44. The lowest BCUT2D eigenvalue weighted by Crippen LogP contribution is -2.42. The Kier molecular flexibility index (Phi) is 5.06. The van der Waals surface area contributed by atoms with Gasteiger partial charge in [0.1, 0.15) is 5.60 Å². The third-order valence-corrected chi connectivity index (χ3v) is 4.28. The van der Waals surface area contributed by atoms with Crippen LogP contribution in [0.1, 0.15) is 50.9 Å². The van der Waals surface area contributed by atoms with Gasteiger partial charge >= 0.3 is 6.09 Å². The van der Waals surface area contributed by atoms with Crippen LogP contribution < -0.4 is 0 Å². The van der Waals surface area contributed by atoms with E-state index in [2.05, 4.69) is 22.4 Å². The largest absolute Gasteiger partial charge is 0.444 e. The van der Waals surface area contributed by atoms with E-state index >= 15 is 0 Å². The molecule has 0 atom stereocenters. The molecule has 2 heterocycles. The fourth-order valence-electron chi connectivity index (χ4n) is 3.02. The summed E-state index contributed by atoms with van der Waals surface area (Å²) in [7, 11) is 0. The van der Waals surface area contributed by atoms with Gasteiger partial charge in [-0.25, -0.2) is 9.48 Å². The highest BCUT2D eigenvalue weighted by Crippen LogP contribution is 2.23. The van der Waals surface area contributed by atoms with E-state index in [0.717, 1.165) is 25.0 Å². The van der Waals surface area contributed by atoms with E-state index in [9.17, 15) is 4.79 Å². The number of amides is 1. The highest BCUT2D eigenvalue weighted by molar-refractivity contribution is 5.68. The Labute approximate surface area is 148 Å². The first-order chi connectivity index (χ1) is 11.9. The highest BCUT2D eigenvalue weighted by atomic mass is 16.6. The molecule has 1 saturated heterocycles. The lowest BCUT2D eigenvalue weighted by Gasteiger charge is -2.33. The Morgan fingerprint density at radius 2 is 1.88 bits per heavy atom. The summed E-state index contributed by atoms with van der Waals surface area (Å²) in [6.07, 6.45) is 4.33. The number of likely N-dealkylation sites (tertiary alicyclic amines) is 1. The zero-order chi connectivity index (χ0) is 17.9. The Hall–Kier alpha value is -2.37. The minimum atomic E-state index is -0.452. The van der Waals surface area contributed by atoms with Crippen LogP contribution >= 0.6 is 0 Å². The standard InChI is InChI=1S/C19H26N4O2/c1-19(2,3)25-18(24)22-11-9-17(10-12-22)23-14-16(20-21-23)13-15-7-5-4-6-8-15/h4-8,14,17H,9-13H2,1-3H3. The molecule has 1 aromatic carbocycles. The molecule has 1 amide bonds. The van der Waals surface area contributed by atoms with Crippen molar-refractivity contribution in [1.29, 1.82) is 0 Å². The Bertz CT molecular complexity index is 698. The number of hydrogen-bond donors (Lipinski definition) is 0. The second kappa shape index (κ2) is 7.25. The van der Waals surface area contributed by atoms with Crippen LogP contribution in [0.5, 0.6) is 0 Å². The number of rotatable bonds is 3. The molecule has 25 heavy (non-hydrogen) atoms. The van der Waals surface area contributed by atoms with Crippen LogP contribution in [0.2, 0.25) is 0 Å². The first-order valence-electron chi connectivity index (χ1n) is 8.83. The Morgan fingerprint density at radius 1 is 1.20 bits per heavy atom. The van der Waals surface area contributed by atoms with Crippen molar-refractivity contribution in [3.8, 4) is 0 Å². The van der Waals surface area contributed by atoms with Gasteiger partial charge in [0.2, 0.25) is 0 Å². The zero-order valence-electron chi connectivity index (χ0n) is 15.2. The van der Waals surface area contributed by atoms with Crippen molar-refractivity contribution >= 4 is 6.09 Å². The van der Waals surface area contributed by atoms with E-state index in [1.165, 1.54) is 5.56 Å². The average molecular weight is 342 g/mol. The highest BCUT2D eigenvalue weighted by Gasteiger charge is 2.28. The molecular weight excluding hydrogens is 316 g/mol. The number of ether oxygens (including phenoxy) is 1. The molecule has 1 aliphatic rings. The second-order valence-electron chi connectivity index (χ2n) is 7.55. The third kappa shape index (κ3) is 4.81. The Morgan fingerprint density at radius 3 is 2.52 bits per heavy atom. The van der Waals surface area contributed by atoms with Crippen LogP contribution in [-0.2, 0) is 11.2 Å². The van der Waals surface area contributed by atoms with E-state index < -0.39 is 5.60 Å². The van der Waals surface area contributed by atoms with Crippen molar-refractivity contribution in [1.82, 2.24) is 19.9 Å². The first kappa shape index (κ1) is 17.5. The summed E-state index contributed by atoms with van der Waals surface area (Å²) in [5.74, 6) is 0. The molecule has 0 aliphatic carbocycles. The van der Waals surface area contributed by atoms with Gasteiger partial charge in [-0.05, 0) is 39.2 Å². The number of carbonyl (C=O) groups is 1. The van der Waals surface area contributed by atoms with Gasteiger partial charge in [0.05, 0.1) is 11.7 Å². The molecule has 0 radical (unpaired) electrons. The van der Waals surface area contributed by atoms with Crippen molar-refractivity contribution < 1.29 is 9.53 Å². The molecule has 1 aromatic heterocycles. The number of benzene rings is 1. The minimum absolute atomic E-state index is 0.227. The van der Waals surface area contributed by atoms with Crippen LogP contribution in [0.4, 0.5) is 4.79 Å². The summed E-state index contributed by atoms with van der Waals surface area (Å²) in [5.41, 5.74) is 1.75. The van der Waals surface area contributed by atoms with Crippen molar-refractivity contribution in [3.05, 3.63) is 47.8 Å². The van der Waals surface area contributed by atoms with E-state index in [4.69, 9.17) is 4.74 Å². The van der Waals surface area contributed by atoms with Gasteiger partial charge in [0, 0.05) is 25.7 Å². The quantitative estimate of drug-likeness (QED) is 0.857. The monoisotopic (exact) mass is 342 g/mol. The van der Waals surface area contributed by atoms with Crippen LogP contribution in [0, 0.1) is 0 Å². The summed E-state index contributed by atoms with van der Waals surface area (Å²) >= 11 is 0. The Balaban J connectivity index is 1.54. The molecule has 0 N–H and O–H groups in total. The topological polar surface area (TPSA) is 60.2 Å². The van der Waals surface area contributed by atoms with Crippen LogP contribution in [0.3, 0.4) is 0 Å². The van der Waals surface area contributed by atoms with Gasteiger partial charge in [-0.1, -0.05) is 35.5 Å². The van der Waals surface area contributed by atoms with Crippen LogP contribution in [0.15, 0.2) is 36.5 Å². The summed E-state index contributed by atoms with van der Waals surface area (Å²) in [4.78, 5) is 13.9. The van der Waals surface area contributed by atoms with Gasteiger partial charge in [-0.15, -0.1) is 5.10 Å². The number of piperidine rings is 1. The molecule has 1 fully saturated rings. The van der Waals surface area contributed by atoms with Gasteiger partial charge in [-0.2, -0.15) is 0 Å². The molecular formula is C19H26N4O2. The van der Waals surface area contributed by atoms with Crippen molar-refractivity contribution in [3.63, 3.8) is 0 Å². The first-order valence-corrected chi connectivity index (χ1v) is 8.83. The molecule has 2 aromatic rings. The fourth-order valence-corrected chi connectivity index (χ4v) is 3.02. The van der Waals surface area contributed by atoms with Gasteiger partial charge in [0.25, 0.3) is 0 Å². The fraction of sp³-hybridized carbons (Fsp3) is 0.526. The summed E-state index contributed by atoms with van der Waals surface area (Å²) in [5, 5.41) is 8.59. The minimum Gasteiger partial charge on any atom is -0.444 e. The molecule has 0 saturated carbocycles. The molecule has 1 aliphatic heterocycles. The van der Waals surface area contributed by atoms with Crippen molar-refractivity contribution in [2.75, 3.05) is 13.1 Å². The maximum Gasteiger partial charge on any atom is 0.410 e. The van der Waals surface area contributed by atoms with Crippen LogP contribution in [-0.4, -0.2) is 44.7 Å². The van der Waals surface area contributed by atoms with Crippen LogP contribution in [0.25, 0.3) is 0 Å². The summed E-state index contributed by atoms with van der Waals surface area (Å²) < 4.78 is 7.39. The van der Waals surface area contributed by atoms with Crippen molar-refractivity contribution in [2.24, 2.45) is 0 Å². The molecule has 3 rings (SSSR count). The molecule has 6 heteroatoms. The predicted molar refractivity (Wildman–Crippen MR) is 95.3 cm³/mol. The zero-order valence-corrected chi connectivity index (χ0v) is 15.2. The average Bonchev–Trinajstić information content (AvgIpc) is 3.03. The maximum absolute atomic E-state index is 12.1. The second-order valence-corrected chi connectivity index (χ2v) is 7.55. The number of nitrogens with zero attached hydrogens (tertiary/aromatic N) is 4. The van der Waals surface area contributed by atoms with Gasteiger partial charge in [-0.3, -0.25) is 0 Å². The maximum atomic E-state index is 12.1. The molecule has 134 valence electrons. The molecule has 0 spiro atoms. The van der Waals surface area contributed by atoms with Crippen molar-refractivity contribution in [2.45, 2.75) is 51.7 Å². The lowest BCUT2D eigenvalue weighted by molar-refractivity contribution is 0.0184. The van der Waals surface area contributed by atoms with E-state index in [1.807, 2.05) is 49.8 Å². The number of hydrogen-bond acceptors (Lipinski definition) is 4. The molecule has 0 unspecified atom stereocenters. The lowest BCUT2D eigenvalue weighted by atomic mass is 10.1. The van der Waals surface area contributed by atoms with E-state index in [-0.39, 0.29) is 12.1 Å². The normalized spacial score (nSPS) is 16.0. The third-order valence-electron chi connectivity index (χ3n) is 4.28. The SMILES string of the molecule is CC(C)(C)OC(=O)N1CCC(n2cc(Cc3ccccc3)nn2)CC1. The molecule has 0 bridgehead atoms. The summed E-state index contributed by atoms with van der Waals surface area (Å²) in [6, 6.07) is 10.6.